The van der Waals surface area contributed by atoms with Gasteiger partial charge in [-0.1, -0.05) is 0 Å². The number of nitrogens with zero attached hydrogens (tertiary/aromatic N) is 6. The van der Waals surface area contributed by atoms with Crippen LogP contribution in [0, 0.1) is 11.6 Å². The number of pyridine rings is 1. The Morgan fingerprint density at radius 3 is 2.40 bits per heavy atom. The number of allylic oxidation sites excluding steroid dienone is 1. The van der Waals surface area contributed by atoms with Gasteiger partial charge in [-0.2, -0.15) is 0 Å². The van der Waals surface area contributed by atoms with Gasteiger partial charge in [-0.05, 0) is 13.1 Å². The summed E-state index contributed by atoms with van der Waals surface area (Å²) >= 11 is 0. The van der Waals surface area contributed by atoms with Crippen LogP contribution in [-0.2, 0) is 13.1 Å². The Labute approximate surface area is 230 Å². The lowest BCUT2D eigenvalue weighted by Gasteiger charge is -2.37. The maximum absolute atomic E-state index is 15.5. The third-order valence-corrected chi connectivity index (χ3v) is 7.24. The molecule has 3 aromatic rings. The van der Waals surface area contributed by atoms with Gasteiger partial charge in [0.1, 0.15) is 11.3 Å². The summed E-state index contributed by atoms with van der Waals surface area (Å²) in [6, 6.07) is 2.32. The number of urea groups is 1. The molecule has 212 valence electrons. The number of fused-ring (bicyclic) bond motifs is 3. The molecule has 4 heterocycles. The number of anilines is 2. The molecule has 5 rings (SSSR count). The molecule has 0 saturated carbocycles. The number of halogens is 2. The van der Waals surface area contributed by atoms with Gasteiger partial charge in [0.15, 0.2) is 23.1 Å². The van der Waals surface area contributed by atoms with E-state index in [0.29, 0.717) is 28.8 Å². The number of aliphatic imine (C=N–C) groups is 1. The van der Waals surface area contributed by atoms with E-state index in [1.54, 1.807) is 6.20 Å². The van der Waals surface area contributed by atoms with Crippen molar-refractivity contribution in [2.45, 2.75) is 13.1 Å². The molecule has 0 bridgehead atoms. The number of H-pyrrole nitrogens is 1. The summed E-state index contributed by atoms with van der Waals surface area (Å²) in [5.74, 6) is -2.61. The minimum absolute atomic E-state index is 0.155. The third-order valence-electron chi connectivity index (χ3n) is 7.24. The Morgan fingerprint density at radius 2 is 1.80 bits per heavy atom. The van der Waals surface area contributed by atoms with Gasteiger partial charge in [-0.3, -0.25) is 19.7 Å². The lowest BCUT2D eigenvalue weighted by molar-refractivity contribution is 0.147. The first kappa shape index (κ1) is 27.3. The van der Waals surface area contributed by atoms with Crippen LogP contribution in [0.1, 0.15) is 11.3 Å². The molecule has 2 amide bonds. The van der Waals surface area contributed by atoms with Crippen molar-refractivity contribution in [3.63, 3.8) is 0 Å². The molecule has 0 unspecified atom stereocenters. The highest BCUT2D eigenvalue weighted by atomic mass is 19.1. The zero-order chi connectivity index (χ0) is 28.6. The molecule has 0 radical (unpaired) electrons. The van der Waals surface area contributed by atoms with Crippen molar-refractivity contribution in [3.05, 3.63) is 53.1 Å². The molecule has 1 saturated heterocycles. The first-order valence-corrected chi connectivity index (χ1v) is 12.8. The number of nitrogens with one attached hydrogen (secondary N) is 1. The maximum Gasteiger partial charge on any atom is 0.334 e. The number of nitrogens with two attached hydrogens (primary N) is 1. The Hall–Kier alpha value is -4.23. The smallest absolute Gasteiger partial charge is 0.334 e. The molecule has 0 atom stereocenters. The van der Waals surface area contributed by atoms with Crippen LogP contribution in [0.3, 0.4) is 0 Å². The van der Waals surface area contributed by atoms with Crippen molar-refractivity contribution in [3.8, 4) is 11.5 Å². The molecule has 2 aliphatic rings. The standard InChI is InChI=1S/C27H32F2N8O3/c1-31-13-18(11-30)37-24-16(12-32-26-19(24)9-17(33-26)15-35-7-5-34(2)6-8-35)14-36(27(37)38)25-22(28)20(39-3)10-21(40-4)23(25)29/h9-13H,5-8,14-15,30H2,1-4H3,(H,32,33). The monoisotopic (exact) mass is 554 g/mol. The largest absolute Gasteiger partial charge is 0.493 e. The van der Waals surface area contributed by atoms with Gasteiger partial charge in [0.2, 0.25) is 0 Å². The van der Waals surface area contributed by atoms with E-state index in [0.717, 1.165) is 42.8 Å². The number of benzene rings is 1. The molecule has 0 spiro atoms. The fraction of sp³-hybridized carbons (Fsp3) is 0.370. The van der Waals surface area contributed by atoms with Crippen LogP contribution in [0.25, 0.3) is 11.0 Å². The van der Waals surface area contributed by atoms with Gasteiger partial charge in [0, 0.05) is 81.1 Å². The molecule has 40 heavy (non-hydrogen) atoms. The van der Waals surface area contributed by atoms with Gasteiger partial charge in [-0.25, -0.2) is 18.6 Å². The lowest BCUT2D eigenvalue weighted by Crippen LogP contribution is -2.48. The molecule has 1 aromatic carbocycles. The Balaban J connectivity index is 1.64. The van der Waals surface area contributed by atoms with Crippen LogP contribution < -0.4 is 25.0 Å². The highest BCUT2D eigenvalue weighted by molar-refractivity contribution is 6.16. The van der Waals surface area contributed by atoms with E-state index in [9.17, 15) is 4.79 Å². The Kier molecular flexibility index (Phi) is 7.59. The van der Waals surface area contributed by atoms with Crippen LogP contribution in [0.5, 0.6) is 11.5 Å². The summed E-state index contributed by atoms with van der Waals surface area (Å²) in [6.45, 7) is 4.37. The predicted octanol–water partition coefficient (Wildman–Crippen LogP) is 3.05. The van der Waals surface area contributed by atoms with Gasteiger partial charge >= 0.3 is 6.03 Å². The first-order valence-electron chi connectivity index (χ1n) is 12.8. The minimum atomic E-state index is -1.04. The zero-order valence-electron chi connectivity index (χ0n) is 22.9. The topological polar surface area (TPSA) is 116 Å². The first-order chi connectivity index (χ1) is 19.3. The number of piperazine rings is 1. The fourth-order valence-corrected chi connectivity index (χ4v) is 5.15. The van der Waals surface area contributed by atoms with Crippen LogP contribution in [0.2, 0.25) is 0 Å². The molecule has 11 nitrogen and oxygen atoms in total. The average molecular weight is 555 g/mol. The SMILES string of the molecule is CN=CC(=CN)N1C(=O)N(c2c(F)c(OC)cc(OC)c2F)Cc2cnc3[nH]c(CN4CCN(C)CC4)cc3c21. The van der Waals surface area contributed by atoms with Gasteiger partial charge in [0.05, 0.1) is 32.1 Å². The predicted molar refractivity (Wildman–Crippen MR) is 149 cm³/mol. The molecule has 1 fully saturated rings. The third kappa shape index (κ3) is 4.71. The number of ether oxygens (including phenoxy) is 2. The van der Waals surface area contributed by atoms with Crippen LogP contribution >= 0.6 is 0 Å². The molecular formula is C27H32F2N8O3. The van der Waals surface area contributed by atoms with Crippen molar-refractivity contribution >= 4 is 34.7 Å². The van der Waals surface area contributed by atoms with E-state index in [2.05, 4.69) is 31.8 Å². The second kappa shape index (κ2) is 11.1. The summed E-state index contributed by atoms with van der Waals surface area (Å²) in [7, 11) is 6.14. The average Bonchev–Trinajstić information content (AvgIpc) is 3.36. The number of likely N-dealkylation sites (N-methyl/N-ethyl adjacent to an activating group) is 1. The lowest BCUT2D eigenvalue weighted by atomic mass is 10.1. The highest BCUT2D eigenvalue weighted by Crippen LogP contribution is 2.43. The number of hydrogen-bond acceptors (Lipinski definition) is 8. The highest BCUT2D eigenvalue weighted by Gasteiger charge is 2.39. The van der Waals surface area contributed by atoms with Crippen LogP contribution in [-0.4, -0.2) is 86.5 Å². The van der Waals surface area contributed by atoms with E-state index >= 15 is 8.78 Å². The van der Waals surface area contributed by atoms with Gasteiger partial charge in [-0.15, -0.1) is 0 Å². The molecular weight excluding hydrogens is 522 g/mol. The van der Waals surface area contributed by atoms with E-state index in [1.807, 2.05) is 6.07 Å². The van der Waals surface area contributed by atoms with Crippen molar-refractivity contribution < 1.29 is 23.0 Å². The van der Waals surface area contributed by atoms with Crippen LogP contribution in [0.15, 0.2) is 35.2 Å². The Bertz CT molecular complexity index is 1470. The fourth-order valence-electron chi connectivity index (χ4n) is 5.15. The normalized spacial score (nSPS) is 17.2. The van der Waals surface area contributed by atoms with Crippen molar-refractivity contribution in [1.29, 1.82) is 0 Å². The number of aromatic nitrogens is 2. The van der Waals surface area contributed by atoms with E-state index in [-0.39, 0.29) is 23.7 Å². The summed E-state index contributed by atoms with van der Waals surface area (Å²) in [5.41, 5.74) is 8.15. The minimum Gasteiger partial charge on any atom is -0.493 e. The Morgan fingerprint density at radius 1 is 1.12 bits per heavy atom. The van der Waals surface area contributed by atoms with Crippen molar-refractivity contribution in [1.82, 2.24) is 19.8 Å². The quantitative estimate of drug-likeness (QED) is 0.432. The van der Waals surface area contributed by atoms with Crippen molar-refractivity contribution in [2.75, 3.05) is 64.3 Å². The number of carbonyl (C=O) groups is 1. The molecule has 3 N–H and O–H groups in total. The van der Waals surface area contributed by atoms with E-state index in [4.69, 9.17) is 15.2 Å². The molecule has 2 aliphatic heterocycles. The summed E-state index contributed by atoms with van der Waals surface area (Å²) in [6.07, 6.45) is 4.22. The number of hydrogen-bond donors (Lipinski definition) is 2. The number of amides is 2. The van der Waals surface area contributed by atoms with Gasteiger partial charge in [0.25, 0.3) is 0 Å². The summed E-state index contributed by atoms with van der Waals surface area (Å²) in [4.78, 5) is 33.0. The second-order valence-corrected chi connectivity index (χ2v) is 9.71. The van der Waals surface area contributed by atoms with Crippen molar-refractivity contribution in [2.24, 2.45) is 10.7 Å². The second-order valence-electron chi connectivity index (χ2n) is 9.71. The van der Waals surface area contributed by atoms with E-state index in [1.165, 1.54) is 38.6 Å². The number of methoxy groups -OCH3 is 2. The molecule has 0 aliphatic carbocycles. The molecule has 13 heteroatoms. The summed E-state index contributed by atoms with van der Waals surface area (Å²) in [5, 5.41) is 0.683. The zero-order valence-corrected chi connectivity index (χ0v) is 22.9. The number of aromatic amines is 1. The summed E-state index contributed by atoms with van der Waals surface area (Å²) < 4.78 is 41.2. The van der Waals surface area contributed by atoms with Gasteiger partial charge < -0.3 is 25.1 Å². The maximum atomic E-state index is 15.5. The van der Waals surface area contributed by atoms with Crippen LogP contribution in [0.4, 0.5) is 25.0 Å². The number of carbonyl (C=O) groups excluding carboxylic acids is 1. The number of rotatable bonds is 7. The van der Waals surface area contributed by atoms with E-state index < -0.39 is 23.4 Å². The molecule has 2 aromatic heterocycles.